The molecule has 0 aromatic heterocycles. The second kappa shape index (κ2) is 5.42. The smallest absolute Gasteiger partial charge is 0.247 e. The molecule has 4 nitrogen and oxygen atoms in total. The summed E-state index contributed by atoms with van der Waals surface area (Å²) >= 11 is 5.95. The SMILES string of the molecule is C=CC(=O)Nc1cc(OC)c(OC)cc1Cl. The highest BCUT2D eigenvalue weighted by atomic mass is 35.5. The summed E-state index contributed by atoms with van der Waals surface area (Å²) in [5, 5.41) is 2.93. The zero-order chi connectivity index (χ0) is 12.1. The summed E-state index contributed by atoms with van der Waals surface area (Å²) < 4.78 is 10.1. The number of ether oxygens (including phenoxy) is 2. The summed E-state index contributed by atoms with van der Waals surface area (Å²) in [7, 11) is 3.01. The Bertz CT molecular complexity index is 418. The van der Waals surface area contributed by atoms with Gasteiger partial charge in [0.1, 0.15) is 0 Å². The van der Waals surface area contributed by atoms with Crippen molar-refractivity contribution in [2.45, 2.75) is 0 Å². The fourth-order valence-electron chi connectivity index (χ4n) is 1.13. The molecular formula is C11H12ClNO3. The van der Waals surface area contributed by atoms with Crippen LogP contribution in [-0.2, 0) is 4.79 Å². The lowest BCUT2D eigenvalue weighted by Gasteiger charge is -2.11. The number of benzene rings is 1. The fourth-order valence-corrected chi connectivity index (χ4v) is 1.33. The van der Waals surface area contributed by atoms with E-state index in [1.54, 1.807) is 12.1 Å². The molecule has 0 saturated carbocycles. The minimum atomic E-state index is -0.339. The second-order valence-electron chi connectivity index (χ2n) is 2.88. The second-order valence-corrected chi connectivity index (χ2v) is 3.29. The van der Waals surface area contributed by atoms with Gasteiger partial charge in [0.2, 0.25) is 5.91 Å². The van der Waals surface area contributed by atoms with Crippen LogP contribution in [0, 0.1) is 0 Å². The van der Waals surface area contributed by atoms with Crippen molar-refractivity contribution < 1.29 is 14.3 Å². The first kappa shape index (κ1) is 12.4. The molecule has 0 heterocycles. The van der Waals surface area contributed by atoms with Gasteiger partial charge in [0, 0.05) is 12.1 Å². The third kappa shape index (κ3) is 2.67. The molecule has 0 spiro atoms. The van der Waals surface area contributed by atoms with Crippen LogP contribution >= 0.6 is 11.6 Å². The Morgan fingerprint density at radius 3 is 2.44 bits per heavy atom. The summed E-state index contributed by atoms with van der Waals surface area (Å²) in [6.45, 7) is 3.35. The number of carbonyl (C=O) groups is 1. The molecule has 0 radical (unpaired) electrons. The van der Waals surface area contributed by atoms with E-state index in [4.69, 9.17) is 21.1 Å². The average molecular weight is 242 g/mol. The lowest BCUT2D eigenvalue weighted by Crippen LogP contribution is -2.08. The largest absolute Gasteiger partial charge is 0.493 e. The highest BCUT2D eigenvalue weighted by molar-refractivity contribution is 6.34. The molecule has 0 fully saturated rings. The van der Waals surface area contributed by atoms with Gasteiger partial charge in [-0.3, -0.25) is 4.79 Å². The van der Waals surface area contributed by atoms with E-state index in [0.717, 1.165) is 6.08 Å². The van der Waals surface area contributed by atoms with Crippen molar-refractivity contribution in [2.24, 2.45) is 0 Å². The number of nitrogens with one attached hydrogen (secondary N) is 1. The molecule has 0 atom stereocenters. The number of halogens is 1. The molecule has 16 heavy (non-hydrogen) atoms. The number of hydrogen-bond acceptors (Lipinski definition) is 3. The number of rotatable bonds is 4. The van der Waals surface area contributed by atoms with Crippen LogP contribution in [0.3, 0.4) is 0 Å². The maximum atomic E-state index is 11.1. The Labute approximate surface area is 98.8 Å². The molecule has 0 unspecified atom stereocenters. The Hall–Kier alpha value is -1.68. The van der Waals surface area contributed by atoms with Crippen molar-refractivity contribution in [1.82, 2.24) is 0 Å². The van der Waals surface area contributed by atoms with Gasteiger partial charge in [0.05, 0.1) is 24.9 Å². The zero-order valence-electron chi connectivity index (χ0n) is 9.04. The van der Waals surface area contributed by atoms with Crippen LogP contribution in [0.15, 0.2) is 24.8 Å². The molecule has 1 rings (SSSR count). The highest BCUT2D eigenvalue weighted by Crippen LogP contribution is 2.35. The molecule has 5 heteroatoms. The normalized spacial score (nSPS) is 9.44. The molecule has 0 bridgehead atoms. The van der Waals surface area contributed by atoms with E-state index in [1.165, 1.54) is 14.2 Å². The number of amides is 1. The summed E-state index contributed by atoms with van der Waals surface area (Å²) in [4.78, 5) is 11.1. The van der Waals surface area contributed by atoms with Gasteiger partial charge < -0.3 is 14.8 Å². The van der Waals surface area contributed by atoms with Gasteiger partial charge in [-0.1, -0.05) is 18.2 Å². The molecule has 0 aliphatic carbocycles. The molecule has 1 aromatic rings. The third-order valence-electron chi connectivity index (χ3n) is 1.92. The van der Waals surface area contributed by atoms with Gasteiger partial charge in [-0.2, -0.15) is 0 Å². The lowest BCUT2D eigenvalue weighted by molar-refractivity contribution is -0.111. The van der Waals surface area contributed by atoms with Crippen molar-refractivity contribution in [2.75, 3.05) is 19.5 Å². The molecule has 1 N–H and O–H groups in total. The molecule has 0 aliphatic heterocycles. The predicted molar refractivity (Wildman–Crippen MR) is 63.4 cm³/mol. The minimum Gasteiger partial charge on any atom is -0.493 e. The molecule has 1 amide bonds. The van der Waals surface area contributed by atoms with Gasteiger partial charge in [0.15, 0.2) is 11.5 Å². The Morgan fingerprint density at radius 2 is 1.94 bits per heavy atom. The van der Waals surface area contributed by atoms with Crippen molar-refractivity contribution in [1.29, 1.82) is 0 Å². The van der Waals surface area contributed by atoms with Gasteiger partial charge in [-0.05, 0) is 6.08 Å². The summed E-state index contributed by atoms with van der Waals surface area (Å²) in [5.41, 5.74) is 0.448. The Kier molecular flexibility index (Phi) is 4.19. The van der Waals surface area contributed by atoms with Crippen LogP contribution in [0.1, 0.15) is 0 Å². The zero-order valence-corrected chi connectivity index (χ0v) is 9.80. The van der Waals surface area contributed by atoms with Crippen molar-refractivity contribution in [3.8, 4) is 11.5 Å². The standard InChI is InChI=1S/C11H12ClNO3/c1-4-11(14)13-8-6-10(16-3)9(15-2)5-7(8)12/h4-6H,1H2,2-3H3,(H,13,14). The van der Waals surface area contributed by atoms with E-state index in [-0.39, 0.29) is 5.91 Å². The van der Waals surface area contributed by atoms with E-state index in [0.29, 0.717) is 22.2 Å². The van der Waals surface area contributed by atoms with Gasteiger partial charge in [0.25, 0.3) is 0 Å². The minimum absolute atomic E-state index is 0.339. The van der Waals surface area contributed by atoms with E-state index < -0.39 is 0 Å². The number of anilines is 1. The first-order valence-corrected chi connectivity index (χ1v) is 4.85. The third-order valence-corrected chi connectivity index (χ3v) is 2.23. The first-order valence-electron chi connectivity index (χ1n) is 4.47. The number of hydrogen-bond donors (Lipinski definition) is 1. The van der Waals surface area contributed by atoms with E-state index in [9.17, 15) is 4.79 Å². The highest BCUT2D eigenvalue weighted by Gasteiger charge is 2.10. The maximum Gasteiger partial charge on any atom is 0.247 e. The van der Waals surface area contributed by atoms with Crippen molar-refractivity contribution in [3.63, 3.8) is 0 Å². The quantitative estimate of drug-likeness (QED) is 0.824. The van der Waals surface area contributed by atoms with Gasteiger partial charge in [-0.15, -0.1) is 0 Å². The monoisotopic (exact) mass is 241 g/mol. The van der Waals surface area contributed by atoms with Crippen LogP contribution in [0.5, 0.6) is 11.5 Å². The van der Waals surface area contributed by atoms with E-state index in [2.05, 4.69) is 11.9 Å². The predicted octanol–water partition coefficient (Wildman–Crippen LogP) is 2.48. The van der Waals surface area contributed by atoms with Gasteiger partial charge >= 0.3 is 0 Å². The maximum absolute atomic E-state index is 11.1. The number of methoxy groups -OCH3 is 2. The number of carbonyl (C=O) groups excluding carboxylic acids is 1. The first-order chi connectivity index (χ1) is 7.62. The molecular weight excluding hydrogens is 230 g/mol. The van der Waals surface area contributed by atoms with Crippen LogP contribution in [0.2, 0.25) is 5.02 Å². The topological polar surface area (TPSA) is 47.6 Å². The van der Waals surface area contributed by atoms with Crippen molar-refractivity contribution >= 4 is 23.2 Å². The van der Waals surface area contributed by atoms with E-state index in [1.807, 2.05) is 0 Å². The van der Waals surface area contributed by atoms with Crippen LogP contribution in [-0.4, -0.2) is 20.1 Å². The Morgan fingerprint density at radius 1 is 1.38 bits per heavy atom. The molecule has 1 aromatic carbocycles. The summed E-state index contributed by atoms with van der Waals surface area (Å²) in [6.07, 6.45) is 1.16. The molecule has 0 saturated heterocycles. The van der Waals surface area contributed by atoms with Crippen LogP contribution < -0.4 is 14.8 Å². The fraction of sp³-hybridized carbons (Fsp3) is 0.182. The lowest BCUT2D eigenvalue weighted by atomic mass is 10.2. The molecule has 86 valence electrons. The van der Waals surface area contributed by atoms with Crippen LogP contribution in [0.4, 0.5) is 5.69 Å². The molecule has 0 aliphatic rings. The average Bonchev–Trinajstić information content (AvgIpc) is 2.30. The summed E-state index contributed by atoms with van der Waals surface area (Å²) in [6, 6.07) is 3.15. The van der Waals surface area contributed by atoms with Crippen molar-refractivity contribution in [3.05, 3.63) is 29.8 Å². The Balaban J connectivity index is 3.10. The van der Waals surface area contributed by atoms with Crippen LogP contribution in [0.25, 0.3) is 0 Å². The summed E-state index contributed by atoms with van der Waals surface area (Å²) in [5.74, 6) is 0.657. The van der Waals surface area contributed by atoms with Gasteiger partial charge in [-0.25, -0.2) is 0 Å². The van der Waals surface area contributed by atoms with E-state index >= 15 is 0 Å².